The summed E-state index contributed by atoms with van der Waals surface area (Å²) in [7, 11) is -3.95. The number of hydrogen-bond acceptors (Lipinski definition) is 4. The highest BCUT2D eigenvalue weighted by atomic mass is 32.2. The van der Waals surface area contributed by atoms with Crippen LogP contribution in [0, 0.1) is 11.6 Å². The van der Waals surface area contributed by atoms with Crippen molar-refractivity contribution in [3.63, 3.8) is 0 Å². The number of nitrogens with one attached hydrogen (secondary N) is 1. The van der Waals surface area contributed by atoms with E-state index in [0.29, 0.717) is 11.6 Å². The third-order valence-electron chi connectivity index (χ3n) is 4.52. The highest BCUT2D eigenvalue weighted by molar-refractivity contribution is 7.91. The molecule has 4 nitrogen and oxygen atoms in total. The fourth-order valence-corrected chi connectivity index (χ4v) is 4.51. The van der Waals surface area contributed by atoms with Gasteiger partial charge in [-0.15, -0.1) is 0 Å². The maximum absolute atomic E-state index is 13.4. The van der Waals surface area contributed by atoms with Crippen LogP contribution < -0.4 is 5.32 Å². The molecule has 1 atom stereocenters. The van der Waals surface area contributed by atoms with Crippen molar-refractivity contribution >= 4 is 20.8 Å². The van der Waals surface area contributed by atoms with E-state index in [9.17, 15) is 17.2 Å². The van der Waals surface area contributed by atoms with E-state index in [1.165, 1.54) is 6.07 Å². The average molecular weight is 363 g/mol. The van der Waals surface area contributed by atoms with Gasteiger partial charge in [0, 0.05) is 10.9 Å². The van der Waals surface area contributed by atoms with Crippen molar-refractivity contribution in [2.45, 2.75) is 29.2 Å². The van der Waals surface area contributed by atoms with Gasteiger partial charge in [0.05, 0.1) is 15.8 Å². The molecule has 7 heteroatoms. The molecule has 2 heterocycles. The summed E-state index contributed by atoms with van der Waals surface area (Å²) in [5.74, 6) is -1.47. The molecule has 0 spiro atoms. The quantitative estimate of drug-likeness (QED) is 0.705. The Morgan fingerprint density at radius 1 is 1.08 bits per heavy atom. The molecule has 1 aliphatic heterocycles. The first-order valence-electron chi connectivity index (χ1n) is 7.87. The summed E-state index contributed by atoms with van der Waals surface area (Å²) < 4.78 is 57.9. The van der Waals surface area contributed by atoms with Crippen molar-refractivity contribution in [1.29, 1.82) is 0 Å². The van der Waals surface area contributed by atoms with E-state index in [0.717, 1.165) is 41.8 Å². The van der Waals surface area contributed by atoms with Crippen molar-refractivity contribution in [1.82, 2.24) is 5.32 Å². The molecule has 0 aliphatic carbocycles. The van der Waals surface area contributed by atoms with Crippen molar-refractivity contribution in [3.05, 3.63) is 59.4 Å². The molecule has 4 rings (SSSR count). The van der Waals surface area contributed by atoms with Crippen LogP contribution in [0.4, 0.5) is 8.78 Å². The Bertz CT molecular complexity index is 1090. The highest BCUT2D eigenvalue weighted by Crippen LogP contribution is 2.35. The number of sulfone groups is 1. The first kappa shape index (κ1) is 16.2. The van der Waals surface area contributed by atoms with Crippen LogP contribution in [0.5, 0.6) is 0 Å². The summed E-state index contributed by atoms with van der Waals surface area (Å²) in [5.41, 5.74) is 1.60. The molecule has 0 radical (unpaired) electrons. The molecule has 1 N–H and O–H groups in total. The normalized spacial score (nSPS) is 17.6. The zero-order valence-corrected chi connectivity index (χ0v) is 14.2. The minimum atomic E-state index is -3.95. The molecule has 2 aromatic carbocycles. The molecule has 0 saturated carbocycles. The zero-order valence-electron chi connectivity index (χ0n) is 13.3. The maximum Gasteiger partial charge on any atom is 0.206 e. The van der Waals surface area contributed by atoms with E-state index in [4.69, 9.17) is 4.42 Å². The van der Waals surface area contributed by atoms with Gasteiger partial charge in [0.15, 0.2) is 11.6 Å². The molecule has 130 valence electrons. The number of furan rings is 1. The molecule has 25 heavy (non-hydrogen) atoms. The fourth-order valence-electron chi connectivity index (χ4n) is 3.21. The van der Waals surface area contributed by atoms with Gasteiger partial charge in [-0.05, 0) is 56.3 Å². The first-order chi connectivity index (χ1) is 11.9. The van der Waals surface area contributed by atoms with Gasteiger partial charge in [-0.1, -0.05) is 0 Å². The Morgan fingerprint density at radius 3 is 2.56 bits per heavy atom. The summed E-state index contributed by atoms with van der Waals surface area (Å²) in [6, 6.07) is 7.21. The highest BCUT2D eigenvalue weighted by Gasteiger charge is 2.25. The molecule has 0 amide bonds. The summed E-state index contributed by atoms with van der Waals surface area (Å²) in [4.78, 5) is -0.251. The lowest BCUT2D eigenvalue weighted by Gasteiger charge is -2.18. The third kappa shape index (κ3) is 2.54. The SMILES string of the molecule is CC1NCCc2c1oc1ccc(S(=O)(=O)c3ccc(F)c(F)c3)cc21. The molecular formula is C18H15F2NO3S. The second-order valence-corrected chi connectivity index (χ2v) is 8.06. The molecule has 1 unspecified atom stereocenters. The predicted octanol–water partition coefficient (Wildman–Crippen LogP) is 3.75. The van der Waals surface area contributed by atoms with E-state index < -0.39 is 21.5 Å². The van der Waals surface area contributed by atoms with Crippen LogP contribution in [0.2, 0.25) is 0 Å². The lowest BCUT2D eigenvalue weighted by Crippen LogP contribution is -2.26. The average Bonchev–Trinajstić information content (AvgIpc) is 2.96. The van der Waals surface area contributed by atoms with E-state index in [-0.39, 0.29) is 15.8 Å². The number of hydrogen-bond donors (Lipinski definition) is 1. The van der Waals surface area contributed by atoms with Crippen LogP contribution in [0.1, 0.15) is 24.3 Å². The van der Waals surface area contributed by atoms with Gasteiger partial charge in [0.25, 0.3) is 0 Å². The number of halogens is 2. The molecule has 1 aliphatic rings. The van der Waals surface area contributed by atoms with Crippen molar-refractivity contribution < 1.29 is 21.6 Å². The monoisotopic (exact) mass is 363 g/mol. The molecule has 0 bridgehead atoms. The van der Waals surface area contributed by atoms with Gasteiger partial charge in [-0.3, -0.25) is 0 Å². The lowest BCUT2D eigenvalue weighted by atomic mass is 10.0. The Morgan fingerprint density at radius 2 is 1.80 bits per heavy atom. The summed E-state index contributed by atoms with van der Waals surface area (Å²) in [6.45, 7) is 2.77. The van der Waals surface area contributed by atoms with Gasteiger partial charge in [0.2, 0.25) is 9.84 Å². The fraction of sp³-hybridized carbons (Fsp3) is 0.222. The van der Waals surface area contributed by atoms with Gasteiger partial charge < -0.3 is 9.73 Å². The minimum absolute atomic E-state index is 0.0285. The van der Waals surface area contributed by atoms with Crippen LogP contribution in [-0.2, 0) is 16.3 Å². The minimum Gasteiger partial charge on any atom is -0.459 e. The largest absolute Gasteiger partial charge is 0.459 e. The van der Waals surface area contributed by atoms with Crippen LogP contribution in [0.3, 0.4) is 0 Å². The van der Waals surface area contributed by atoms with Crippen LogP contribution in [0.15, 0.2) is 50.6 Å². The molecule has 3 aromatic rings. The maximum atomic E-state index is 13.4. The van der Waals surface area contributed by atoms with E-state index in [1.807, 2.05) is 6.92 Å². The summed E-state index contributed by atoms with van der Waals surface area (Å²) in [6.07, 6.45) is 0.737. The Kier molecular flexibility index (Phi) is 3.66. The standard InChI is InChI=1S/C18H15F2NO3S/c1-10-18-13(6-7-21-10)14-8-11(3-5-17(14)24-18)25(22,23)12-2-4-15(19)16(20)9-12/h2-5,8-10,21H,6-7H2,1H3. The zero-order chi connectivity index (χ0) is 17.8. The topological polar surface area (TPSA) is 59.3 Å². The van der Waals surface area contributed by atoms with E-state index in [2.05, 4.69) is 5.32 Å². The smallest absolute Gasteiger partial charge is 0.206 e. The van der Waals surface area contributed by atoms with Gasteiger partial charge in [-0.25, -0.2) is 17.2 Å². The molecule has 0 saturated heterocycles. The van der Waals surface area contributed by atoms with Crippen molar-refractivity contribution in [2.24, 2.45) is 0 Å². The van der Waals surface area contributed by atoms with Crippen LogP contribution in [-0.4, -0.2) is 15.0 Å². The van der Waals surface area contributed by atoms with E-state index in [1.54, 1.807) is 12.1 Å². The Labute approximate surface area is 143 Å². The number of fused-ring (bicyclic) bond motifs is 3. The Balaban J connectivity index is 1.87. The lowest BCUT2D eigenvalue weighted by molar-refractivity contribution is 0.426. The van der Waals surface area contributed by atoms with E-state index >= 15 is 0 Å². The first-order valence-corrected chi connectivity index (χ1v) is 9.35. The third-order valence-corrected chi connectivity index (χ3v) is 6.27. The summed E-state index contributed by atoms with van der Waals surface area (Å²) >= 11 is 0. The number of benzene rings is 2. The predicted molar refractivity (Wildman–Crippen MR) is 88.1 cm³/mol. The van der Waals surface area contributed by atoms with Crippen molar-refractivity contribution in [3.8, 4) is 0 Å². The van der Waals surface area contributed by atoms with Gasteiger partial charge in [-0.2, -0.15) is 0 Å². The second kappa shape index (κ2) is 5.64. The second-order valence-electron chi connectivity index (χ2n) is 6.11. The van der Waals surface area contributed by atoms with Gasteiger partial charge in [0.1, 0.15) is 11.3 Å². The van der Waals surface area contributed by atoms with Crippen LogP contribution in [0.25, 0.3) is 11.0 Å². The summed E-state index contributed by atoms with van der Waals surface area (Å²) in [5, 5.41) is 4.03. The molecule has 0 fully saturated rings. The number of rotatable bonds is 2. The molecular weight excluding hydrogens is 348 g/mol. The van der Waals surface area contributed by atoms with Crippen molar-refractivity contribution in [2.75, 3.05) is 6.54 Å². The molecule has 1 aromatic heterocycles. The Hall–Kier alpha value is -2.25. The van der Waals surface area contributed by atoms with Crippen LogP contribution >= 0.6 is 0 Å². The van der Waals surface area contributed by atoms with Gasteiger partial charge >= 0.3 is 0 Å².